The lowest BCUT2D eigenvalue weighted by Crippen LogP contribution is -2.06. The maximum Gasteiger partial charge on any atom is 0.225 e. The Hall–Kier alpha value is -2.99. The second-order valence-electron chi connectivity index (χ2n) is 5.89. The Balaban J connectivity index is 1.76. The zero-order chi connectivity index (χ0) is 19.2. The number of benzene rings is 2. The van der Waals surface area contributed by atoms with E-state index in [1.165, 1.54) is 0 Å². The molecule has 1 aromatic heterocycles. The van der Waals surface area contributed by atoms with Crippen molar-refractivity contribution in [1.29, 1.82) is 0 Å². The molecule has 0 saturated carbocycles. The molecule has 0 bridgehead atoms. The van der Waals surface area contributed by atoms with Gasteiger partial charge in [0.25, 0.3) is 0 Å². The number of nitrogens with zero attached hydrogens (tertiary/aromatic N) is 2. The van der Waals surface area contributed by atoms with Crippen LogP contribution < -0.4 is 20.1 Å². The molecule has 0 amide bonds. The Morgan fingerprint density at radius 2 is 1.74 bits per heavy atom. The number of nitrogens with one attached hydrogen (secondary N) is 2. The quantitative estimate of drug-likeness (QED) is 0.609. The summed E-state index contributed by atoms with van der Waals surface area (Å²) in [5.41, 5.74) is 2.73. The Morgan fingerprint density at radius 1 is 0.963 bits per heavy atom. The SMILES string of the molecule is COc1ccc(Nc2cc(C)nc(NCc3ccc(Cl)cc3)n2)c(OC)c1. The molecule has 0 atom stereocenters. The number of rotatable bonds is 7. The first-order chi connectivity index (χ1) is 13.1. The molecule has 0 aliphatic rings. The van der Waals surface area contributed by atoms with Gasteiger partial charge in [0.2, 0.25) is 5.95 Å². The minimum Gasteiger partial charge on any atom is -0.497 e. The molecule has 6 nitrogen and oxygen atoms in total. The molecule has 0 spiro atoms. The van der Waals surface area contributed by atoms with Crippen LogP contribution in [0.3, 0.4) is 0 Å². The van der Waals surface area contributed by atoms with Crippen molar-refractivity contribution in [3.63, 3.8) is 0 Å². The molecule has 2 N–H and O–H groups in total. The van der Waals surface area contributed by atoms with Crippen molar-refractivity contribution in [2.24, 2.45) is 0 Å². The van der Waals surface area contributed by atoms with E-state index in [-0.39, 0.29) is 0 Å². The van der Waals surface area contributed by atoms with Crippen molar-refractivity contribution in [2.45, 2.75) is 13.5 Å². The number of ether oxygens (including phenoxy) is 2. The van der Waals surface area contributed by atoms with E-state index in [1.807, 2.05) is 55.5 Å². The molecule has 0 aliphatic carbocycles. The van der Waals surface area contributed by atoms with Gasteiger partial charge in [0.05, 0.1) is 19.9 Å². The summed E-state index contributed by atoms with van der Waals surface area (Å²) >= 11 is 5.92. The molecule has 3 rings (SSSR count). The largest absolute Gasteiger partial charge is 0.497 e. The molecule has 140 valence electrons. The van der Waals surface area contributed by atoms with Crippen molar-refractivity contribution >= 4 is 29.1 Å². The third-order valence-electron chi connectivity index (χ3n) is 3.89. The maximum atomic E-state index is 5.92. The minimum atomic E-state index is 0.542. The van der Waals surface area contributed by atoms with Gasteiger partial charge < -0.3 is 20.1 Å². The highest BCUT2D eigenvalue weighted by atomic mass is 35.5. The fraction of sp³-hybridized carbons (Fsp3) is 0.200. The van der Waals surface area contributed by atoms with Crippen LogP contribution in [0, 0.1) is 6.92 Å². The van der Waals surface area contributed by atoms with Crippen molar-refractivity contribution in [3.05, 3.63) is 64.8 Å². The van der Waals surface area contributed by atoms with E-state index in [0.29, 0.717) is 29.1 Å². The van der Waals surface area contributed by atoms with Crippen molar-refractivity contribution in [1.82, 2.24) is 9.97 Å². The lowest BCUT2D eigenvalue weighted by atomic mass is 10.2. The highest BCUT2D eigenvalue weighted by Crippen LogP contribution is 2.31. The molecular formula is C20H21ClN4O2. The third kappa shape index (κ3) is 5.01. The van der Waals surface area contributed by atoms with Gasteiger partial charge in [-0.15, -0.1) is 0 Å². The molecule has 0 fully saturated rings. The molecule has 0 saturated heterocycles. The summed E-state index contributed by atoms with van der Waals surface area (Å²) in [6.45, 7) is 2.53. The zero-order valence-corrected chi connectivity index (χ0v) is 16.2. The highest BCUT2D eigenvalue weighted by Gasteiger charge is 2.08. The first-order valence-electron chi connectivity index (χ1n) is 8.40. The first-order valence-corrected chi connectivity index (χ1v) is 8.78. The van der Waals surface area contributed by atoms with E-state index in [9.17, 15) is 0 Å². The molecule has 0 aliphatic heterocycles. The van der Waals surface area contributed by atoms with Gasteiger partial charge in [0, 0.05) is 29.4 Å². The number of aromatic nitrogens is 2. The molecule has 0 radical (unpaired) electrons. The fourth-order valence-corrected chi connectivity index (χ4v) is 2.66. The number of methoxy groups -OCH3 is 2. The molecule has 2 aromatic carbocycles. The van der Waals surface area contributed by atoms with Gasteiger partial charge in [0.1, 0.15) is 17.3 Å². The molecule has 7 heteroatoms. The normalized spacial score (nSPS) is 10.4. The summed E-state index contributed by atoms with van der Waals surface area (Å²) in [5, 5.41) is 7.22. The van der Waals surface area contributed by atoms with Gasteiger partial charge in [-0.25, -0.2) is 4.98 Å². The van der Waals surface area contributed by atoms with Crippen LogP contribution in [0.15, 0.2) is 48.5 Å². The van der Waals surface area contributed by atoms with Crippen molar-refractivity contribution < 1.29 is 9.47 Å². The average Bonchev–Trinajstić information content (AvgIpc) is 2.67. The average molecular weight is 385 g/mol. The number of hydrogen-bond acceptors (Lipinski definition) is 6. The zero-order valence-electron chi connectivity index (χ0n) is 15.4. The number of hydrogen-bond donors (Lipinski definition) is 2. The van der Waals surface area contributed by atoms with E-state index < -0.39 is 0 Å². The number of anilines is 3. The highest BCUT2D eigenvalue weighted by molar-refractivity contribution is 6.30. The summed E-state index contributed by atoms with van der Waals surface area (Å²) < 4.78 is 10.7. The smallest absolute Gasteiger partial charge is 0.225 e. The summed E-state index contributed by atoms with van der Waals surface area (Å²) in [4.78, 5) is 8.97. The second-order valence-corrected chi connectivity index (χ2v) is 6.33. The minimum absolute atomic E-state index is 0.542. The molecule has 3 aromatic rings. The standard InChI is InChI=1S/C20H21ClN4O2/c1-13-10-19(24-17-9-8-16(26-2)11-18(17)27-3)25-20(23-13)22-12-14-4-6-15(21)7-5-14/h4-11H,12H2,1-3H3,(H2,22,23,24,25). The van der Waals surface area contributed by atoms with Crippen LogP contribution in [-0.4, -0.2) is 24.2 Å². The van der Waals surface area contributed by atoms with Gasteiger partial charge in [-0.1, -0.05) is 23.7 Å². The van der Waals surface area contributed by atoms with Crippen LogP contribution in [0.5, 0.6) is 11.5 Å². The fourth-order valence-electron chi connectivity index (χ4n) is 2.53. The number of halogens is 1. The topological polar surface area (TPSA) is 68.3 Å². The van der Waals surface area contributed by atoms with Crippen LogP contribution in [-0.2, 0) is 6.54 Å². The lowest BCUT2D eigenvalue weighted by Gasteiger charge is -2.13. The van der Waals surface area contributed by atoms with Gasteiger partial charge in [-0.2, -0.15) is 4.98 Å². The molecule has 0 unspecified atom stereocenters. The maximum absolute atomic E-state index is 5.92. The predicted molar refractivity (Wildman–Crippen MR) is 108 cm³/mol. The van der Waals surface area contributed by atoms with Crippen LogP contribution >= 0.6 is 11.6 Å². The Bertz CT molecular complexity index is 916. The second kappa shape index (κ2) is 8.60. The summed E-state index contributed by atoms with van der Waals surface area (Å²) in [6, 6.07) is 15.1. The van der Waals surface area contributed by atoms with Gasteiger partial charge >= 0.3 is 0 Å². The van der Waals surface area contributed by atoms with Gasteiger partial charge in [-0.05, 0) is 36.8 Å². The number of aryl methyl sites for hydroxylation is 1. The Kier molecular flexibility index (Phi) is 5.98. The van der Waals surface area contributed by atoms with Gasteiger partial charge in [0.15, 0.2) is 0 Å². The molecule has 27 heavy (non-hydrogen) atoms. The van der Waals surface area contributed by atoms with E-state index in [1.54, 1.807) is 14.2 Å². The van der Waals surface area contributed by atoms with Crippen LogP contribution in [0.25, 0.3) is 0 Å². The van der Waals surface area contributed by atoms with Crippen molar-refractivity contribution in [2.75, 3.05) is 24.9 Å². The van der Waals surface area contributed by atoms with Crippen LogP contribution in [0.2, 0.25) is 5.02 Å². The van der Waals surface area contributed by atoms with Crippen LogP contribution in [0.4, 0.5) is 17.5 Å². The van der Waals surface area contributed by atoms with Gasteiger partial charge in [-0.3, -0.25) is 0 Å². The van der Waals surface area contributed by atoms with E-state index >= 15 is 0 Å². The van der Waals surface area contributed by atoms with E-state index in [4.69, 9.17) is 21.1 Å². The molecular weight excluding hydrogens is 364 g/mol. The Labute approximate surface area is 163 Å². The van der Waals surface area contributed by atoms with E-state index in [2.05, 4.69) is 20.6 Å². The lowest BCUT2D eigenvalue weighted by molar-refractivity contribution is 0.395. The molecule has 1 heterocycles. The van der Waals surface area contributed by atoms with E-state index in [0.717, 1.165) is 22.7 Å². The summed E-state index contributed by atoms with van der Waals surface area (Å²) in [7, 11) is 3.23. The first kappa shape index (κ1) is 18.8. The predicted octanol–water partition coefficient (Wildman–Crippen LogP) is 4.81. The monoisotopic (exact) mass is 384 g/mol. The summed E-state index contributed by atoms with van der Waals surface area (Å²) in [5.74, 6) is 2.60. The van der Waals surface area contributed by atoms with Crippen LogP contribution in [0.1, 0.15) is 11.3 Å². The van der Waals surface area contributed by atoms with Crippen molar-refractivity contribution in [3.8, 4) is 11.5 Å². The summed E-state index contributed by atoms with van der Waals surface area (Å²) in [6.07, 6.45) is 0. The Morgan fingerprint density at radius 3 is 2.44 bits per heavy atom. The third-order valence-corrected chi connectivity index (χ3v) is 4.14.